The highest BCUT2D eigenvalue weighted by Gasteiger charge is 2.15. The molecule has 1 amide bonds. The summed E-state index contributed by atoms with van der Waals surface area (Å²) in [6.45, 7) is 0. The Balaban J connectivity index is 2.96. The van der Waals surface area contributed by atoms with E-state index in [0.717, 1.165) is 10.6 Å². The molecule has 0 atom stereocenters. The van der Waals surface area contributed by atoms with Gasteiger partial charge >= 0.3 is 5.91 Å². The smallest absolute Gasteiger partial charge is 0.208 e. The van der Waals surface area contributed by atoms with Crippen LogP contribution in [0.25, 0.3) is 6.08 Å². The summed E-state index contributed by atoms with van der Waals surface area (Å²) in [5.74, 6) is -0.152. The third kappa shape index (κ3) is 0.658. The molecule has 2 heteroatoms. The first-order valence-electron chi connectivity index (χ1n) is 3.06. The Kier molecular flexibility index (Phi) is 0.947. The van der Waals surface area contributed by atoms with Crippen LogP contribution in [-0.4, -0.2) is 5.91 Å². The van der Waals surface area contributed by atoms with E-state index >= 15 is 0 Å². The number of nitrogens with zero attached hydrogens (tertiary/aromatic N) is 1. The summed E-state index contributed by atoms with van der Waals surface area (Å²) in [6, 6.07) is 7.47. The number of carbonyl (C=O) groups is 1. The van der Waals surface area contributed by atoms with Crippen LogP contribution in [0.1, 0.15) is 0 Å². The summed E-state index contributed by atoms with van der Waals surface area (Å²) < 4.78 is 0. The maximum Gasteiger partial charge on any atom is 0.477 e. The minimum Gasteiger partial charge on any atom is -0.208 e. The molecule has 1 aromatic carbocycles. The van der Waals surface area contributed by atoms with E-state index in [2.05, 4.69) is 4.99 Å². The fourth-order valence-corrected chi connectivity index (χ4v) is 0.995. The Hall–Kier alpha value is -1.44. The van der Waals surface area contributed by atoms with Gasteiger partial charge in [0.2, 0.25) is 0 Å². The van der Waals surface area contributed by atoms with Crippen molar-refractivity contribution in [1.82, 2.24) is 4.99 Å². The van der Waals surface area contributed by atoms with Crippen molar-refractivity contribution in [3.8, 4) is 0 Å². The first-order valence-corrected chi connectivity index (χ1v) is 3.06. The molecule has 0 aliphatic carbocycles. The van der Waals surface area contributed by atoms with Crippen LogP contribution < -0.4 is 15.6 Å². The minimum atomic E-state index is -0.152. The van der Waals surface area contributed by atoms with Crippen molar-refractivity contribution in [3.05, 3.63) is 34.8 Å². The van der Waals surface area contributed by atoms with Crippen molar-refractivity contribution in [2.45, 2.75) is 0 Å². The number of amides is 1. The molecule has 0 saturated heterocycles. The van der Waals surface area contributed by atoms with Crippen molar-refractivity contribution in [2.24, 2.45) is 0 Å². The van der Waals surface area contributed by atoms with Gasteiger partial charge < -0.3 is 0 Å². The third-order valence-corrected chi connectivity index (χ3v) is 1.45. The van der Waals surface area contributed by atoms with Gasteiger partial charge in [-0.2, -0.15) is 0 Å². The largest absolute Gasteiger partial charge is 0.477 e. The van der Waals surface area contributed by atoms with Crippen LogP contribution in [0.5, 0.6) is 0 Å². The lowest BCUT2D eigenvalue weighted by Gasteiger charge is -1.70. The standard InChI is InChI=1S/C8H5NO/c10-8-5-6-3-1-2-4-7(6)9-8/h1-5H/q+1. The van der Waals surface area contributed by atoms with Crippen LogP contribution >= 0.6 is 0 Å². The molecule has 0 N–H and O–H groups in total. The normalized spacial score (nSPS) is 13.8. The second-order valence-electron chi connectivity index (χ2n) is 2.15. The molecule has 0 aromatic heterocycles. The van der Waals surface area contributed by atoms with Gasteiger partial charge in [0, 0.05) is 6.07 Å². The Morgan fingerprint density at radius 2 is 2.00 bits per heavy atom. The Labute approximate surface area is 57.5 Å². The van der Waals surface area contributed by atoms with Gasteiger partial charge in [0.1, 0.15) is 4.99 Å². The molecule has 0 unspecified atom stereocenters. The van der Waals surface area contributed by atoms with Crippen molar-refractivity contribution >= 4 is 12.0 Å². The molecule has 1 aliphatic heterocycles. The molecular weight excluding hydrogens is 126 g/mol. The topological polar surface area (TPSA) is 31.2 Å². The van der Waals surface area contributed by atoms with E-state index in [1.165, 1.54) is 6.08 Å². The molecular formula is C8H5NO+. The fourth-order valence-electron chi connectivity index (χ4n) is 0.995. The molecule has 47 valence electrons. The predicted octanol–water partition coefficient (Wildman–Crippen LogP) is -1.04. The highest BCUT2D eigenvalue weighted by Crippen LogP contribution is 1.75. The lowest BCUT2D eigenvalue weighted by molar-refractivity contribution is -0.113. The highest BCUT2D eigenvalue weighted by molar-refractivity contribution is 6.04. The monoisotopic (exact) mass is 131 g/mol. The molecule has 2 nitrogen and oxygen atoms in total. The zero-order chi connectivity index (χ0) is 6.97. The summed E-state index contributed by atoms with van der Waals surface area (Å²) in [6.07, 6.45) is 1.54. The van der Waals surface area contributed by atoms with Crippen LogP contribution in [0.15, 0.2) is 24.3 Å². The zero-order valence-electron chi connectivity index (χ0n) is 5.24. The maximum absolute atomic E-state index is 10.7. The lowest BCUT2D eigenvalue weighted by atomic mass is 10.3. The molecule has 1 aliphatic rings. The number of hydrogen-bond acceptors (Lipinski definition) is 1. The van der Waals surface area contributed by atoms with E-state index in [0.29, 0.717) is 0 Å². The SMILES string of the molecule is O=C1C=c2ccccc2=[N+]1. The van der Waals surface area contributed by atoms with Crippen molar-refractivity contribution in [2.75, 3.05) is 0 Å². The number of para-hydroxylation sites is 1. The van der Waals surface area contributed by atoms with E-state index in [1.807, 2.05) is 24.3 Å². The van der Waals surface area contributed by atoms with Gasteiger partial charge in [-0.25, -0.2) is 4.79 Å². The van der Waals surface area contributed by atoms with Crippen molar-refractivity contribution in [3.63, 3.8) is 0 Å². The van der Waals surface area contributed by atoms with Gasteiger partial charge in [0.15, 0.2) is 0 Å². The van der Waals surface area contributed by atoms with Crippen molar-refractivity contribution < 1.29 is 4.79 Å². The van der Waals surface area contributed by atoms with Crippen LogP contribution in [0.2, 0.25) is 0 Å². The molecule has 1 heterocycles. The minimum absolute atomic E-state index is 0.152. The van der Waals surface area contributed by atoms with E-state index in [-0.39, 0.29) is 5.91 Å². The molecule has 0 spiro atoms. The number of benzene rings is 1. The van der Waals surface area contributed by atoms with Crippen LogP contribution in [0, 0.1) is 0 Å². The van der Waals surface area contributed by atoms with Crippen LogP contribution in [0.4, 0.5) is 0 Å². The fraction of sp³-hybridized carbons (Fsp3) is 0. The van der Waals surface area contributed by atoms with Gasteiger partial charge in [-0.3, -0.25) is 0 Å². The molecule has 0 fully saturated rings. The number of hydrogen-bond donors (Lipinski definition) is 0. The van der Waals surface area contributed by atoms with Gasteiger partial charge in [0.05, 0.1) is 11.3 Å². The van der Waals surface area contributed by atoms with E-state index < -0.39 is 0 Å². The number of carbonyl (C=O) groups excluding carboxylic acids is 1. The molecule has 10 heavy (non-hydrogen) atoms. The van der Waals surface area contributed by atoms with Gasteiger partial charge in [-0.1, -0.05) is 12.1 Å². The summed E-state index contributed by atoms with van der Waals surface area (Å²) in [7, 11) is 0. The van der Waals surface area contributed by atoms with E-state index in [4.69, 9.17) is 0 Å². The lowest BCUT2D eigenvalue weighted by Crippen LogP contribution is -2.23. The van der Waals surface area contributed by atoms with Crippen LogP contribution in [0.3, 0.4) is 0 Å². The molecule has 2 rings (SSSR count). The highest BCUT2D eigenvalue weighted by atomic mass is 16.1. The molecule has 1 aromatic rings. The summed E-state index contributed by atoms with van der Waals surface area (Å²) in [5.41, 5.74) is 0. The Bertz CT molecular complexity index is 355. The molecule has 1 radical (unpaired) electrons. The number of rotatable bonds is 0. The summed E-state index contributed by atoms with van der Waals surface area (Å²) in [4.78, 5) is 14.4. The average molecular weight is 131 g/mol. The first kappa shape index (κ1) is 5.35. The first-order chi connectivity index (χ1) is 4.86. The Morgan fingerprint density at radius 3 is 2.80 bits per heavy atom. The summed E-state index contributed by atoms with van der Waals surface area (Å²) >= 11 is 0. The second-order valence-corrected chi connectivity index (χ2v) is 2.15. The van der Waals surface area contributed by atoms with E-state index in [1.54, 1.807) is 0 Å². The van der Waals surface area contributed by atoms with E-state index in [9.17, 15) is 4.79 Å². The second kappa shape index (κ2) is 1.77. The number of fused-ring (bicyclic) bond motifs is 1. The van der Waals surface area contributed by atoms with Gasteiger partial charge in [-0.15, -0.1) is 0 Å². The predicted molar refractivity (Wildman–Crippen MR) is 36.4 cm³/mol. The summed E-state index contributed by atoms with van der Waals surface area (Å²) in [5, 5.41) is 1.71. The quantitative estimate of drug-likeness (QED) is 0.442. The Morgan fingerprint density at radius 1 is 1.20 bits per heavy atom. The third-order valence-electron chi connectivity index (χ3n) is 1.45. The van der Waals surface area contributed by atoms with Gasteiger partial charge in [0.25, 0.3) is 5.36 Å². The van der Waals surface area contributed by atoms with Gasteiger partial charge in [-0.05, 0) is 6.07 Å². The molecule has 0 bridgehead atoms. The van der Waals surface area contributed by atoms with Crippen molar-refractivity contribution in [1.29, 1.82) is 0 Å². The zero-order valence-corrected chi connectivity index (χ0v) is 5.24. The maximum atomic E-state index is 10.7. The molecule has 0 saturated carbocycles. The average Bonchev–Trinajstić information content (AvgIpc) is 2.27. The van der Waals surface area contributed by atoms with Crippen LogP contribution in [-0.2, 0) is 4.79 Å².